The van der Waals surface area contributed by atoms with Crippen LogP contribution in [0.5, 0.6) is 0 Å². The zero-order chi connectivity index (χ0) is 18.1. The number of nitrogens with zero attached hydrogens (tertiary/aromatic N) is 1. The molecule has 1 nitrogen and oxygen atoms in total. The topological polar surface area (TPSA) is 3.24 Å². The molecule has 4 rings (SSSR count). The molecule has 3 aromatic rings. The first-order chi connectivity index (χ1) is 12.5. The molecule has 0 saturated heterocycles. The number of hydrogen-bond acceptors (Lipinski definition) is 1. The molecule has 0 aromatic heterocycles. The third kappa shape index (κ3) is 3.14. The Hall–Kier alpha value is -2.54. The average molecular weight is 341 g/mol. The van der Waals surface area contributed by atoms with Crippen LogP contribution in [0.25, 0.3) is 0 Å². The van der Waals surface area contributed by atoms with E-state index in [9.17, 15) is 0 Å². The highest BCUT2D eigenvalue weighted by molar-refractivity contribution is 5.52. The second-order valence-corrected chi connectivity index (χ2v) is 7.98. The van der Waals surface area contributed by atoms with E-state index in [1.807, 2.05) is 0 Å². The molecule has 1 heteroatoms. The molecule has 1 aliphatic rings. The molecule has 0 bridgehead atoms. The largest absolute Gasteiger partial charge is 0.367 e. The van der Waals surface area contributed by atoms with Crippen LogP contribution in [0.3, 0.4) is 0 Å². The van der Waals surface area contributed by atoms with Gasteiger partial charge in [0.2, 0.25) is 0 Å². The molecule has 0 spiro atoms. The maximum absolute atomic E-state index is 2.49. The summed E-state index contributed by atoms with van der Waals surface area (Å²) in [6.07, 6.45) is 1.13. The molecule has 0 atom stereocenters. The second kappa shape index (κ2) is 6.64. The van der Waals surface area contributed by atoms with E-state index in [-0.39, 0.29) is 5.41 Å². The highest BCUT2D eigenvalue weighted by atomic mass is 15.1. The van der Waals surface area contributed by atoms with Crippen LogP contribution in [0.1, 0.15) is 41.7 Å². The number of benzene rings is 3. The third-order valence-electron chi connectivity index (χ3n) is 5.86. The number of anilines is 1. The van der Waals surface area contributed by atoms with E-state index in [4.69, 9.17) is 0 Å². The fourth-order valence-electron chi connectivity index (χ4n) is 3.94. The third-order valence-corrected chi connectivity index (χ3v) is 5.86. The molecular formula is C25H27N. The fourth-order valence-corrected chi connectivity index (χ4v) is 3.94. The minimum atomic E-state index is 0.0146. The van der Waals surface area contributed by atoms with Gasteiger partial charge in [-0.05, 0) is 47.7 Å². The van der Waals surface area contributed by atoms with E-state index < -0.39 is 0 Å². The van der Waals surface area contributed by atoms with Crippen molar-refractivity contribution in [3.05, 3.63) is 101 Å². The number of rotatable bonds is 3. The first-order valence-corrected chi connectivity index (χ1v) is 9.53. The Morgan fingerprint density at radius 1 is 0.731 bits per heavy atom. The zero-order valence-electron chi connectivity index (χ0n) is 16.0. The van der Waals surface area contributed by atoms with E-state index in [1.165, 1.54) is 33.5 Å². The minimum absolute atomic E-state index is 0.0146. The monoisotopic (exact) mass is 341 g/mol. The van der Waals surface area contributed by atoms with E-state index in [0.29, 0.717) is 0 Å². The zero-order valence-corrected chi connectivity index (χ0v) is 16.0. The SMILES string of the molecule is Cc1ccc(C(C)(C)c2ccc(N3CCc4ccccc4C3)cc2)cc1. The molecule has 0 saturated carbocycles. The lowest BCUT2D eigenvalue weighted by Gasteiger charge is -2.32. The summed E-state index contributed by atoms with van der Waals surface area (Å²) < 4.78 is 0. The average Bonchev–Trinajstić information content (AvgIpc) is 2.68. The van der Waals surface area contributed by atoms with Gasteiger partial charge in [0.15, 0.2) is 0 Å². The molecular weight excluding hydrogens is 314 g/mol. The molecule has 1 heterocycles. The van der Waals surface area contributed by atoms with Crippen molar-refractivity contribution >= 4 is 5.69 Å². The quantitative estimate of drug-likeness (QED) is 0.574. The lowest BCUT2D eigenvalue weighted by atomic mass is 9.78. The van der Waals surface area contributed by atoms with Crippen molar-refractivity contribution in [1.29, 1.82) is 0 Å². The summed E-state index contributed by atoms with van der Waals surface area (Å²) in [5.74, 6) is 0. The minimum Gasteiger partial charge on any atom is -0.367 e. The highest BCUT2D eigenvalue weighted by Crippen LogP contribution is 2.33. The van der Waals surface area contributed by atoms with E-state index in [1.54, 1.807) is 0 Å². The van der Waals surface area contributed by atoms with Crippen molar-refractivity contribution in [2.45, 2.75) is 39.2 Å². The molecule has 3 aromatic carbocycles. The van der Waals surface area contributed by atoms with Crippen LogP contribution < -0.4 is 4.90 Å². The van der Waals surface area contributed by atoms with Crippen molar-refractivity contribution in [1.82, 2.24) is 0 Å². The van der Waals surface area contributed by atoms with E-state index in [2.05, 4.69) is 98.5 Å². The van der Waals surface area contributed by atoms with Gasteiger partial charge in [-0.3, -0.25) is 0 Å². The first kappa shape index (κ1) is 16.9. The van der Waals surface area contributed by atoms with Crippen LogP contribution in [0, 0.1) is 6.92 Å². The highest BCUT2D eigenvalue weighted by Gasteiger charge is 2.23. The summed E-state index contributed by atoms with van der Waals surface area (Å²) in [5, 5.41) is 0. The Morgan fingerprint density at radius 2 is 1.31 bits per heavy atom. The molecule has 132 valence electrons. The van der Waals surface area contributed by atoms with Crippen molar-refractivity contribution < 1.29 is 0 Å². The molecule has 0 amide bonds. The Labute approximate surface area is 157 Å². The Morgan fingerprint density at radius 3 is 1.96 bits per heavy atom. The smallest absolute Gasteiger partial charge is 0.0432 e. The van der Waals surface area contributed by atoms with Gasteiger partial charge in [-0.2, -0.15) is 0 Å². The van der Waals surface area contributed by atoms with Gasteiger partial charge in [-0.15, -0.1) is 0 Å². The standard InChI is InChI=1S/C25H27N/c1-19-8-10-22(11-9-19)25(2,3)23-12-14-24(15-13-23)26-17-16-20-6-4-5-7-21(20)18-26/h4-15H,16-18H2,1-3H3. The van der Waals surface area contributed by atoms with Crippen molar-refractivity contribution in [3.8, 4) is 0 Å². The van der Waals surface area contributed by atoms with Gasteiger partial charge in [0.05, 0.1) is 0 Å². The Bertz CT molecular complexity index is 888. The molecule has 1 aliphatic heterocycles. The van der Waals surface area contributed by atoms with Gasteiger partial charge in [-0.1, -0.05) is 80.1 Å². The Balaban J connectivity index is 1.56. The summed E-state index contributed by atoms with van der Waals surface area (Å²) in [6, 6.07) is 26.9. The number of fused-ring (bicyclic) bond motifs is 1. The number of aryl methyl sites for hydroxylation is 1. The van der Waals surface area contributed by atoms with Crippen molar-refractivity contribution in [3.63, 3.8) is 0 Å². The molecule has 0 N–H and O–H groups in total. The summed E-state index contributed by atoms with van der Waals surface area (Å²) in [7, 11) is 0. The normalized spacial score (nSPS) is 14.2. The van der Waals surface area contributed by atoms with Crippen LogP contribution in [0.2, 0.25) is 0 Å². The van der Waals surface area contributed by atoms with Gasteiger partial charge < -0.3 is 4.90 Å². The van der Waals surface area contributed by atoms with E-state index in [0.717, 1.165) is 19.5 Å². The molecule has 26 heavy (non-hydrogen) atoms. The van der Waals surface area contributed by atoms with Gasteiger partial charge in [-0.25, -0.2) is 0 Å². The van der Waals surface area contributed by atoms with Crippen LogP contribution in [0.4, 0.5) is 5.69 Å². The van der Waals surface area contributed by atoms with Crippen LogP contribution in [-0.4, -0.2) is 6.54 Å². The predicted molar refractivity (Wildman–Crippen MR) is 111 cm³/mol. The van der Waals surface area contributed by atoms with Crippen LogP contribution in [0.15, 0.2) is 72.8 Å². The predicted octanol–water partition coefficient (Wildman–Crippen LogP) is 5.88. The van der Waals surface area contributed by atoms with Crippen molar-refractivity contribution in [2.75, 3.05) is 11.4 Å². The fraction of sp³-hybridized carbons (Fsp3) is 0.280. The molecule has 0 radical (unpaired) electrons. The number of hydrogen-bond donors (Lipinski definition) is 0. The van der Waals surface area contributed by atoms with Crippen LogP contribution in [-0.2, 0) is 18.4 Å². The first-order valence-electron chi connectivity index (χ1n) is 9.53. The maximum Gasteiger partial charge on any atom is 0.0432 e. The summed E-state index contributed by atoms with van der Waals surface area (Å²) in [6.45, 7) is 8.87. The van der Waals surface area contributed by atoms with Gasteiger partial charge in [0.25, 0.3) is 0 Å². The van der Waals surface area contributed by atoms with E-state index >= 15 is 0 Å². The Kier molecular flexibility index (Phi) is 4.32. The van der Waals surface area contributed by atoms with Gasteiger partial charge in [0, 0.05) is 24.2 Å². The van der Waals surface area contributed by atoms with Gasteiger partial charge >= 0.3 is 0 Å². The summed E-state index contributed by atoms with van der Waals surface area (Å²) in [4.78, 5) is 2.49. The molecule has 0 aliphatic carbocycles. The van der Waals surface area contributed by atoms with Gasteiger partial charge in [0.1, 0.15) is 0 Å². The summed E-state index contributed by atoms with van der Waals surface area (Å²) >= 11 is 0. The van der Waals surface area contributed by atoms with Crippen LogP contribution >= 0.6 is 0 Å². The van der Waals surface area contributed by atoms with Crippen molar-refractivity contribution in [2.24, 2.45) is 0 Å². The summed E-state index contributed by atoms with van der Waals surface area (Å²) in [5.41, 5.74) is 8.34. The molecule has 0 fully saturated rings. The molecule has 0 unspecified atom stereocenters. The second-order valence-electron chi connectivity index (χ2n) is 7.98. The maximum atomic E-state index is 2.49. The lowest BCUT2D eigenvalue weighted by molar-refractivity contribution is 0.640. The lowest BCUT2D eigenvalue weighted by Crippen LogP contribution is -2.30.